The van der Waals surface area contributed by atoms with Crippen molar-refractivity contribution < 1.29 is 14.9 Å². The summed E-state index contributed by atoms with van der Waals surface area (Å²) in [7, 11) is 1.63. The molecule has 0 saturated carbocycles. The van der Waals surface area contributed by atoms with E-state index in [4.69, 9.17) is 14.9 Å². The maximum Gasteiger partial charge on any atom is 0.118 e. The Labute approximate surface area is 90.3 Å². The second-order valence-corrected chi connectivity index (χ2v) is 3.49. The Morgan fingerprint density at radius 1 is 1.07 bits per heavy atom. The zero-order valence-electron chi connectivity index (χ0n) is 9.02. The van der Waals surface area contributed by atoms with Crippen LogP contribution in [0.4, 0.5) is 0 Å². The molecule has 1 rings (SSSR count). The van der Waals surface area contributed by atoms with Crippen molar-refractivity contribution in [3.05, 3.63) is 29.8 Å². The molecule has 0 bridgehead atoms. The van der Waals surface area contributed by atoms with Gasteiger partial charge in [0.25, 0.3) is 0 Å². The Bertz CT molecular complexity index is 263. The largest absolute Gasteiger partial charge is 0.497 e. The monoisotopic (exact) mass is 210 g/mol. The lowest BCUT2D eigenvalue weighted by atomic mass is 9.93. The van der Waals surface area contributed by atoms with Crippen LogP contribution in [0.5, 0.6) is 5.75 Å². The van der Waals surface area contributed by atoms with Crippen molar-refractivity contribution in [1.29, 1.82) is 0 Å². The van der Waals surface area contributed by atoms with E-state index in [1.54, 1.807) is 7.11 Å². The van der Waals surface area contributed by atoms with Crippen LogP contribution in [0.1, 0.15) is 24.3 Å². The lowest BCUT2D eigenvalue weighted by Gasteiger charge is -2.15. The first kappa shape index (κ1) is 12.0. The summed E-state index contributed by atoms with van der Waals surface area (Å²) in [4.78, 5) is 0. The highest BCUT2D eigenvalue weighted by Crippen LogP contribution is 2.24. The van der Waals surface area contributed by atoms with Crippen molar-refractivity contribution in [2.75, 3.05) is 20.3 Å². The van der Waals surface area contributed by atoms with Gasteiger partial charge >= 0.3 is 0 Å². The summed E-state index contributed by atoms with van der Waals surface area (Å²) in [5.41, 5.74) is 1.14. The predicted molar refractivity (Wildman–Crippen MR) is 59.1 cm³/mol. The molecule has 2 N–H and O–H groups in total. The normalized spacial score (nSPS) is 10.7. The van der Waals surface area contributed by atoms with Crippen molar-refractivity contribution in [3.63, 3.8) is 0 Å². The van der Waals surface area contributed by atoms with Gasteiger partial charge in [0, 0.05) is 13.2 Å². The smallest absolute Gasteiger partial charge is 0.118 e. The molecule has 1 aromatic rings. The number of aliphatic hydroxyl groups excluding tert-OH is 2. The van der Waals surface area contributed by atoms with E-state index in [1.807, 2.05) is 24.3 Å². The lowest BCUT2D eigenvalue weighted by molar-refractivity contribution is 0.242. The fraction of sp³-hybridized carbons (Fsp3) is 0.500. The third-order valence-corrected chi connectivity index (χ3v) is 2.54. The molecular formula is C12H18O3. The van der Waals surface area contributed by atoms with Gasteiger partial charge in [-0.15, -0.1) is 0 Å². The second kappa shape index (κ2) is 6.43. The molecule has 0 aliphatic carbocycles. The van der Waals surface area contributed by atoms with E-state index in [1.165, 1.54) is 0 Å². The van der Waals surface area contributed by atoms with Gasteiger partial charge < -0.3 is 14.9 Å². The third-order valence-electron chi connectivity index (χ3n) is 2.54. The van der Waals surface area contributed by atoms with Crippen molar-refractivity contribution in [3.8, 4) is 5.75 Å². The molecule has 0 radical (unpaired) electrons. The number of hydrogen-bond donors (Lipinski definition) is 2. The van der Waals surface area contributed by atoms with E-state index in [2.05, 4.69) is 0 Å². The van der Waals surface area contributed by atoms with E-state index in [0.717, 1.165) is 11.3 Å². The van der Waals surface area contributed by atoms with E-state index in [0.29, 0.717) is 12.8 Å². The number of methoxy groups -OCH3 is 1. The van der Waals surface area contributed by atoms with Crippen LogP contribution in [-0.4, -0.2) is 30.5 Å². The molecule has 0 aliphatic rings. The molecule has 0 saturated heterocycles. The molecule has 0 spiro atoms. The first-order valence-electron chi connectivity index (χ1n) is 5.17. The summed E-state index contributed by atoms with van der Waals surface area (Å²) in [5, 5.41) is 17.8. The Morgan fingerprint density at radius 3 is 2.00 bits per heavy atom. The average molecular weight is 210 g/mol. The third kappa shape index (κ3) is 3.53. The van der Waals surface area contributed by atoms with E-state index < -0.39 is 0 Å². The molecule has 3 heteroatoms. The number of ether oxygens (including phenoxy) is 1. The van der Waals surface area contributed by atoms with Gasteiger partial charge in [-0.05, 0) is 36.5 Å². The summed E-state index contributed by atoms with van der Waals surface area (Å²) in [5.74, 6) is 1.05. The second-order valence-electron chi connectivity index (χ2n) is 3.49. The van der Waals surface area contributed by atoms with Gasteiger partial charge in [0.1, 0.15) is 5.75 Å². The number of aliphatic hydroxyl groups is 2. The highest BCUT2D eigenvalue weighted by atomic mass is 16.5. The molecule has 0 unspecified atom stereocenters. The summed E-state index contributed by atoms with van der Waals surface area (Å²) in [6.07, 6.45) is 1.37. The minimum atomic E-state index is 0.149. The van der Waals surface area contributed by atoms with Crippen molar-refractivity contribution in [2.45, 2.75) is 18.8 Å². The first-order valence-corrected chi connectivity index (χ1v) is 5.17. The van der Waals surface area contributed by atoms with Crippen LogP contribution in [0.25, 0.3) is 0 Å². The Kier molecular flexibility index (Phi) is 5.15. The Balaban J connectivity index is 2.72. The SMILES string of the molecule is COc1ccc(C(CCO)CCO)cc1. The summed E-state index contributed by atoms with van der Waals surface area (Å²) < 4.78 is 5.07. The van der Waals surface area contributed by atoms with Gasteiger partial charge in [0.2, 0.25) is 0 Å². The van der Waals surface area contributed by atoms with Gasteiger partial charge in [0.05, 0.1) is 7.11 Å². The first-order chi connectivity index (χ1) is 7.31. The van der Waals surface area contributed by atoms with Gasteiger partial charge in [-0.2, -0.15) is 0 Å². The van der Waals surface area contributed by atoms with Crippen molar-refractivity contribution >= 4 is 0 Å². The van der Waals surface area contributed by atoms with E-state index >= 15 is 0 Å². The topological polar surface area (TPSA) is 49.7 Å². The maximum absolute atomic E-state index is 8.92. The summed E-state index contributed by atoms with van der Waals surface area (Å²) in [6, 6.07) is 7.76. The fourth-order valence-electron chi connectivity index (χ4n) is 1.67. The Morgan fingerprint density at radius 2 is 1.60 bits per heavy atom. The lowest BCUT2D eigenvalue weighted by Crippen LogP contribution is -2.04. The minimum Gasteiger partial charge on any atom is -0.497 e. The van der Waals surface area contributed by atoms with Crippen molar-refractivity contribution in [2.24, 2.45) is 0 Å². The highest BCUT2D eigenvalue weighted by Gasteiger charge is 2.10. The molecule has 0 fully saturated rings. The van der Waals surface area contributed by atoms with Crippen LogP contribution < -0.4 is 4.74 Å². The maximum atomic E-state index is 8.92. The van der Waals surface area contributed by atoms with E-state index in [-0.39, 0.29) is 19.1 Å². The van der Waals surface area contributed by atoms with Crippen LogP contribution in [0, 0.1) is 0 Å². The zero-order valence-corrected chi connectivity index (χ0v) is 9.02. The van der Waals surface area contributed by atoms with Crippen LogP contribution in [-0.2, 0) is 0 Å². The van der Waals surface area contributed by atoms with Crippen LogP contribution in [0.15, 0.2) is 24.3 Å². The minimum absolute atomic E-state index is 0.149. The quantitative estimate of drug-likeness (QED) is 0.749. The Hall–Kier alpha value is -1.06. The highest BCUT2D eigenvalue weighted by molar-refractivity contribution is 5.29. The van der Waals surface area contributed by atoms with Crippen molar-refractivity contribution in [1.82, 2.24) is 0 Å². The fourth-order valence-corrected chi connectivity index (χ4v) is 1.67. The van der Waals surface area contributed by atoms with Gasteiger partial charge in [-0.1, -0.05) is 12.1 Å². The predicted octanol–water partition coefficient (Wildman–Crippen LogP) is 1.54. The number of rotatable bonds is 6. The molecule has 84 valence electrons. The standard InChI is InChI=1S/C12H18O3/c1-15-12-4-2-10(3-5-12)11(6-8-13)7-9-14/h2-5,11,13-14H,6-9H2,1H3. The summed E-state index contributed by atoms with van der Waals surface area (Å²) >= 11 is 0. The van der Waals surface area contributed by atoms with Crippen LogP contribution >= 0.6 is 0 Å². The van der Waals surface area contributed by atoms with Gasteiger partial charge in [-0.25, -0.2) is 0 Å². The average Bonchev–Trinajstić information content (AvgIpc) is 2.29. The molecular weight excluding hydrogens is 192 g/mol. The number of benzene rings is 1. The van der Waals surface area contributed by atoms with Gasteiger partial charge in [0.15, 0.2) is 0 Å². The molecule has 3 nitrogen and oxygen atoms in total. The molecule has 0 aromatic heterocycles. The van der Waals surface area contributed by atoms with E-state index in [9.17, 15) is 0 Å². The number of hydrogen-bond acceptors (Lipinski definition) is 3. The van der Waals surface area contributed by atoms with Gasteiger partial charge in [-0.3, -0.25) is 0 Å². The molecule has 0 atom stereocenters. The van der Waals surface area contributed by atoms with Crippen LogP contribution in [0.3, 0.4) is 0 Å². The molecule has 0 heterocycles. The molecule has 1 aromatic carbocycles. The molecule has 15 heavy (non-hydrogen) atoms. The summed E-state index contributed by atoms with van der Waals surface area (Å²) in [6.45, 7) is 0.299. The molecule has 0 amide bonds. The zero-order chi connectivity index (χ0) is 11.1. The van der Waals surface area contributed by atoms with Crippen LogP contribution in [0.2, 0.25) is 0 Å². The molecule has 0 aliphatic heterocycles.